The number of hydrogen-bond acceptors (Lipinski definition) is 5. The number of urea groups is 1. The molecule has 1 fully saturated rings. The average molecular weight is 398 g/mol. The van der Waals surface area contributed by atoms with Crippen molar-refractivity contribution in [3.05, 3.63) is 65.5 Å². The van der Waals surface area contributed by atoms with E-state index in [4.69, 9.17) is 9.84 Å². The molecule has 0 aromatic heterocycles. The van der Waals surface area contributed by atoms with E-state index < -0.39 is 35.7 Å². The van der Waals surface area contributed by atoms with Crippen molar-refractivity contribution in [2.75, 3.05) is 4.90 Å². The number of rotatable bonds is 5. The van der Waals surface area contributed by atoms with E-state index in [1.54, 1.807) is 0 Å². The smallest absolute Gasteiger partial charge is 0.344 e. The summed E-state index contributed by atoms with van der Waals surface area (Å²) in [5.41, 5.74) is -0.220. The fourth-order valence-corrected chi connectivity index (χ4v) is 2.57. The number of aliphatic carboxylic acids is 1. The Hall–Kier alpha value is -4.01. The number of carbonyl (C=O) groups excluding carboxylic acids is 3. The Morgan fingerprint density at radius 2 is 1.79 bits per heavy atom. The number of imide groups is 2. The molecule has 0 radical (unpaired) electrons. The van der Waals surface area contributed by atoms with Gasteiger partial charge >= 0.3 is 12.0 Å². The molecule has 1 unspecified atom stereocenters. The first-order valence-corrected chi connectivity index (χ1v) is 8.43. The molecule has 0 aliphatic carbocycles. The quantitative estimate of drug-likeness (QED) is 0.591. The van der Waals surface area contributed by atoms with Crippen LogP contribution in [0.4, 0.5) is 14.9 Å². The lowest BCUT2D eigenvalue weighted by Gasteiger charge is -2.26. The van der Waals surface area contributed by atoms with Gasteiger partial charge in [-0.2, -0.15) is 0 Å². The first kappa shape index (κ1) is 19.7. The molecule has 9 heteroatoms. The molecule has 0 spiro atoms. The highest BCUT2D eigenvalue weighted by Gasteiger charge is 2.37. The molecule has 2 N–H and O–H groups in total. The molecule has 1 atom stereocenters. The van der Waals surface area contributed by atoms with Gasteiger partial charge in [-0.3, -0.25) is 14.9 Å². The van der Waals surface area contributed by atoms with Gasteiger partial charge in [0.1, 0.15) is 17.1 Å². The van der Waals surface area contributed by atoms with Crippen LogP contribution in [0.5, 0.6) is 5.75 Å². The van der Waals surface area contributed by atoms with Crippen LogP contribution in [0.1, 0.15) is 12.5 Å². The Morgan fingerprint density at radius 3 is 2.41 bits per heavy atom. The Labute approximate surface area is 164 Å². The third-order valence-electron chi connectivity index (χ3n) is 4.05. The van der Waals surface area contributed by atoms with Crippen LogP contribution >= 0.6 is 0 Å². The van der Waals surface area contributed by atoms with Crippen LogP contribution in [0.3, 0.4) is 0 Å². The highest BCUT2D eigenvalue weighted by Crippen LogP contribution is 2.25. The van der Waals surface area contributed by atoms with Gasteiger partial charge in [0.25, 0.3) is 11.8 Å². The topological polar surface area (TPSA) is 113 Å². The lowest BCUT2D eigenvalue weighted by Crippen LogP contribution is -2.54. The van der Waals surface area contributed by atoms with Crippen LogP contribution in [-0.2, 0) is 14.4 Å². The number of carbonyl (C=O) groups is 4. The number of ether oxygens (including phenoxy) is 1. The lowest BCUT2D eigenvalue weighted by atomic mass is 10.1. The van der Waals surface area contributed by atoms with E-state index >= 15 is 0 Å². The number of nitrogens with zero attached hydrogens (tertiary/aromatic N) is 1. The molecule has 1 saturated heterocycles. The number of hydrogen-bond donors (Lipinski definition) is 2. The van der Waals surface area contributed by atoms with Crippen LogP contribution in [0.2, 0.25) is 0 Å². The van der Waals surface area contributed by atoms with Crippen molar-refractivity contribution in [1.82, 2.24) is 5.32 Å². The summed E-state index contributed by atoms with van der Waals surface area (Å²) in [5, 5.41) is 10.9. The Balaban J connectivity index is 1.89. The summed E-state index contributed by atoms with van der Waals surface area (Å²) >= 11 is 0. The van der Waals surface area contributed by atoms with Crippen molar-refractivity contribution in [2.45, 2.75) is 13.0 Å². The predicted octanol–water partition coefficient (Wildman–Crippen LogP) is 2.34. The fourth-order valence-electron chi connectivity index (χ4n) is 2.57. The summed E-state index contributed by atoms with van der Waals surface area (Å²) in [6, 6.07) is 10.1. The van der Waals surface area contributed by atoms with Crippen molar-refractivity contribution in [3.63, 3.8) is 0 Å². The number of carboxylic acid groups (broad SMARTS) is 1. The number of barbiturate groups is 1. The zero-order valence-electron chi connectivity index (χ0n) is 15.1. The molecule has 0 saturated carbocycles. The van der Waals surface area contributed by atoms with E-state index in [-0.39, 0.29) is 17.0 Å². The second-order valence-corrected chi connectivity index (χ2v) is 6.08. The van der Waals surface area contributed by atoms with Gasteiger partial charge < -0.3 is 9.84 Å². The van der Waals surface area contributed by atoms with Crippen LogP contribution in [0.25, 0.3) is 6.08 Å². The molecule has 1 aliphatic heterocycles. The van der Waals surface area contributed by atoms with Crippen molar-refractivity contribution in [1.29, 1.82) is 0 Å². The SMILES string of the molecule is CC(Oc1ccc(/C=C2\C(=O)NC(=O)N(c3ccccc3F)C2=O)cc1)C(=O)O. The third kappa shape index (κ3) is 4.13. The third-order valence-corrected chi connectivity index (χ3v) is 4.05. The van der Waals surface area contributed by atoms with Gasteiger partial charge in [-0.1, -0.05) is 24.3 Å². The molecular weight excluding hydrogens is 383 g/mol. The molecule has 0 bridgehead atoms. The van der Waals surface area contributed by atoms with Gasteiger partial charge in [0, 0.05) is 0 Å². The maximum absolute atomic E-state index is 14.0. The highest BCUT2D eigenvalue weighted by molar-refractivity contribution is 6.39. The van der Waals surface area contributed by atoms with Crippen molar-refractivity contribution >= 4 is 35.6 Å². The second-order valence-electron chi connectivity index (χ2n) is 6.08. The number of benzene rings is 2. The minimum absolute atomic E-state index is 0.278. The molecule has 2 aromatic carbocycles. The molecule has 8 nitrogen and oxygen atoms in total. The predicted molar refractivity (Wildman–Crippen MR) is 99.6 cm³/mol. The van der Waals surface area contributed by atoms with Crippen LogP contribution in [0.15, 0.2) is 54.1 Å². The van der Waals surface area contributed by atoms with Gasteiger partial charge in [-0.05, 0) is 42.8 Å². The zero-order valence-corrected chi connectivity index (χ0v) is 15.1. The number of anilines is 1. The zero-order chi connectivity index (χ0) is 21.1. The molecule has 1 aliphatic rings. The molecule has 29 heavy (non-hydrogen) atoms. The fraction of sp³-hybridized carbons (Fsp3) is 0.100. The normalized spacial score (nSPS) is 16.6. The maximum Gasteiger partial charge on any atom is 0.344 e. The monoisotopic (exact) mass is 398 g/mol. The van der Waals surface area contributed by atoms with E-state index in [0.29, 0.717) is 10.5 Å². The van der Waals surface area contributed by atoms with Crippen LogP contribution in [-0.4, -0.2) is 35.0 Å². The molecule has 148 valence electrons. The van der Waals surface area contributed by atoms with Crippen LogP contribution in [0, 0.1) is 5.82 Å². The average Bonchev–Trinajstić information content (AvgIpc) is 2.67. The van der Waals surface area contributed by atoms with E-state index in [1.165, 1.54) is 55.5 Å². The number of amides is 4. The maximum atomic E-state index is 14.0. The minimum atomic E-state index is -1.13. The minimum Gasteiger partial charge on any atom is -0.479 e. The first-order valence-electron chi connectivity index (χ1n) is 8.43. The first-order chi connectivity index (χ1) is 13.8. The lowest BCUT2D eigenvalue weighted by molar-refractivity contribution is -0.144. The summed E-state index contributed by atoms with van der Waals surface area (Å²) < 4.78 is 19.2. The number of halogens is 1. The molecule has 2 aromatic rings. The highest BCUT2D eigenvalue weighted by atomic mass is 19.1. The molecule has 1 heterocycles. The molecule has 3 rings (SSSR count). The van der Waals surface area contributed by atoms with Gasteiger partial charge in [0.15, 0.2) is 6.10 Å². The number of para-hydroxylation sites is 1. The number of carboxylic acids is 1. The van der Waals surface area contributed by atoms with Crippen LogP contribution < -0.4 is 15.0 Å². The van der Waals surface area contributed by atoms with Gasteiger partial charge in [-0.25, -0.2) is 18.9 Å². The second kappa shape index (κ2) is 7.93. The standard InChI is InChI=1S/C20H15FN2O6/c1-11(19(26)27)29-13-8-6-12(7-9-13)10-14-17(24)22-20(28)23(18(14)25)16-5-3-2-4-15(16)21/h2-11H,1H3,(H,26,27)(H,22,24,28)/b14-10+. The van der Waals surface area contributed by atoms with Gasteiger partial charge in [-0.15, -0.1) is 0 Å². The largest absolute Gasteiger partial charge is 0.479 e. The molecule has 4 amide bonds. The van der Waals surface area contributed by atoms with Crippen molar-refractivity contribution < 1.29 is 33.4 Å². The van der Waals surface area contributed by atoms with Crippen molar-refractivity contribution in [2.24, 2.45) is 0 Å². The summed E-state index contributed by atoms with van der Waals surface area (Å²) in [4.78, 5) is 48.3. The summed E-state index contributed by atoms with van der Waals surface area (Å²) in [7, 11) is 0. The summed E-state index contributed by atoms with van der Waals surface area (Å²) in [5.74, 6) is -3.52. The Morgan fingerprint density at radius 1 is 1.14 bits per heavy atom. The molecular formula is C20H15FN2O6. The summed E-state index contributed by atoms with van der Waals surface area (Å²) in [6.07, 6.45) is 0.188. The Kier molecular flexibility index (Phi) is 5.40. The Bertz CT molecular complexity index is 1030. The van der Waals surface area contributed by atoms with Gasteiger partial charge in [0.05, 0.1) is 5.69 Å². The van der Waals surface area contributed by atoms with E-state index in [9.17, 15) is 23.6 Å². The summed E-state index contributed by atoms with van der Waals surface area (Å²) in [6.45, 7) is 1.37. The van der Waals surface area contributed by atoms with E-state index in [1.807, 2.05) is 5.32 Å². The van der Waals surface area contributed by atoms with Gasteiger partial charge in [0.2, 0.25) is 0 Å². The number of nitrogens with one attached hydrogen (secondary N) is 1. The van der Waals surface area contributed by atoms with E-state index in [2.05, 4.69) is 0 Å². The van der Waals surface area contributed by atoms with Crippen molar-refractivity contribution in [3.8, 4) is 5.75 Å². The van der Waals surface area contributed by atoms with E-state index in [0.717, 1.165) is 6.07 Å².